The maximum atomic E-state index is 8.53. The highest BCUT2D eigenvalue weighted by atomic mass is 16.4. The number of benzene rings is 1. The first-order valence-electron chi connectivity index (χ1n) is 5.53. The fraction of sp³-hybridized carbons (Fsp3) is 0.417. The minimum absolute atomic E-state index is 0.00600. The van der Waals surface area contributed by atoms with Crippen LogP contribution in [0.2, 0.25) is 0 Å². The van der Waals surface area contributed by atoms with Crippen LogP contribution in [0.3, 0.4) is 0 Å². The summed E-state index contributed by atoms with van der Waals surface area (Å²) in [6, 6.07) is 8.09. The molecule has 0 spiro atoms. The SMILES string of the molecule is CC(CNc1ccc(N(C)C)cc1)C(N)=NO. The topological polar surface area (TPSA) is 73.9 Å². The number of rotatable bonds is 5. The smallest absolute Gasteiger partial charge is 0.143 e. The van der Waals surface area contributed by atoms with E-state index in [0.29, 0.717) is 6.54 Å². The van der Waals surface area contributed by atoms with Crippen LogP contribution >= 0.6 is 0 Å². The molecule has 4 N–H and O–H groups in total. The van der Waals surface area contributed by atoms with Gasteiger partial charge in [-0.1, -0.05) is 12.1 Å². The van der Waals surface area contributed by atoms with Crippen LogP contribution < -0.4 is 16.0 Å². The Morgan fingerprint density at radius 3 is 2.47 bits per heavy atom. The second-order valence-electron chi connectivity index (χ2n) is 4.25. The summed E-state index contributed by atoms with van der Waals surface area (Å²) in [5, 5.41) is 14.8. The fourth-order valence-electron chi connectivity index (χ4n) is 1.35. The van der Waals surface area contributed by atoms with E-state index in [-0.39, 0.29) is 11.8 Å². The molecule has 0 aliphatic carbocycles. The molecule has 0 aliphatic heterocycles. The highest BCUT2D eigenvalue weighted by Gasteiger charge is 2.06. The zero-order chi connectivity index (χ0) is 12.8. The molecule has 0 heterocycles. The van der Waals surface area contributed by atoms with Gasteiger partial charge in [0.25, 0.3) is 0 Å². The zero-order valence-electron chi connectivity index (χ0n) is 10.5. The van der Waals surface area contributed by atoms with E-state index in [9.17, 15) is 0 Å². The number of hydrogen-bond acceptors (Lipinski definition) is 4. The van der Waals surface area contributed by atoms with Crippen LogP contribution in [0.5, 0.6) is 0 Å². The van der Waals surface area contributed by atoms with Gasteiger partial charge in [0.1, 0.15) is 5.84 Å². The van der Waals surface area contributed by atoms with Crippen molar-refractivity contribution < 1.29 is 5.21 Å². The molecule has 0 radical (unpaired) electrons. The van der Waals surface area contributed by atoms with E-state index in [1.165, 1.54) is 0 Å². The molecule has 0 aliphatic rings. The Morgan fingerprint density at radius 2 is 2.00 bits per heavy atom. The second kappa shape index (κ2) is 5.98. The summed E-state index contributed by atoms with van der Waals surface area (Å²) >= 11 is 0. The van der Waals surface area contributed by atoms with E-state index in [1.54, 1.807) is 0 Å². The van der Waals surface area contributed by atoms with Crippen molar-refractivity contribution in [2.24, 2.45) is 16.8 Å². The molecular formula is C12H20N4O. The summed E-state index contributed by atoms with van der Waals surface area (Å²) < 4.78 is 0. The molecule has 1 rings (SSSR count). The number of nitrogens with two attached hydrogens (primary N) is 1. The van der Waals surface area contributed by atoms with Gasteiger partial charge in [-0.15, -0.1) is 0 Å². The third kappa shape index (κ3) is 3.86. The van der Waals surface area contributed by atoms with Gasteiger partial charge in [0.05, 0.1) is 0 Å². The summed E-state index contributed by atoms with van der Waals surface area (Å²) in [7, 11) is 4.01. The molecule has 5 nitrogen and oxygen atoms in total. The zero-order valence-corrected chi connectivity index (χ0v) is 10.5. The first kappa shape index (κ1) is 13.2. The molecular weight excluding hydrogens is 216 g/mol. The molecule has 0 aromatic heterocycles. The highest BCUT2D eigenvalue weighted by molar-refractivity contribution is 5.82. The molecule has 0 amide bonds. The second-order valence-corrected chi connectivity index (χ2v) is 4.25. The van der Waals surface area contributed by atoms with Crippen molar-refractivity contribution in [3.05, 3.63) is 24.3 Å². The van der Waals surface area contributed by atoms with E-state index in [0.717, 1.165) is 11.4 Å². The molecule has 5 heteroatoms. The van der Waals surface area contributed by atoms with E-state index in [4.69, 9.17) is 10.9 Å². The number of oxime groups is 1. The van der Waals surface area contributed by atoms with Gasteiger partial charge in [0, 0.05) is 37.9 Å². The van der Waals surface area contributed by atoms with E-state index in [2.05, 4.69) is 10.5 Å². The molecule has 1 atom stereocenters. The normalized spacial score (nSPS) is 13.2. The molecule has 1 unspecified atom stereocenters. The predicted molar refractivity (Wildman–Crippen MR) is 71.8 cm³/mol. The van der Waals surface area contributed by atoms with Gasteiger partial charge in [-0.2, -0.15) is 0 Å². The first-order valence-corrected chi connectivity index (χ1v) is 5.53. The number of nitrogens with one attached hydrogen (secondary N) is 1. The Bertz CT molecular complexity index is 373. The summed E-state index contributed by atoms with van der Waals surface area (Å²) in [5.74, 6) is 0.232. The van der Waals surface area contributed by atoms with Crippen molar-refractivity contribution in [1.29, 1.82) is 0 Å². The van der Waals surface area contributed by atoms with Gasteiger partial charge in [-0.25, -0.2) is 0 Å². The van der Waals surface area contributed by atoms with Crippen LogP contribution in [0.25, 0.3) is 0 Å². The van der Waals surface area contributed by atoms with Crippen LogP contribution in [0, 0.1) is 5.92 Å². The molecule has 1 aromatic rings. The molecule has 0 bridgehead atoms. The van der Waals surface area contributed by atoms with Crippen LogP contribution in [-0.2, 0) is 0 Å². The van der Waals surface area contributed by atoms with E-state index >= 15 is 0 Å². The van der Waals surface area contributed by atoms with Crippen molar-refractivity contribution in [2.45, 2.75) is 6.92 Å². The number of amidine groups is 1. The lowest BCUT2D eigenvalue weighted by atomic mass is 10.1. The summed E-state index contributed by atoms with van der Waals surface area (Å²) in [6.07, 6.45) is 0. The lowest BCUT2D eigenvalue weighted by Gasteiger charge is -2.15. The number of anilines is 2. The van der Waals surface area contributed by atoms with Gasteiger partial charge in [0.15, 0.2) is 0 Å². The van der Waals surface area contributed by atoms with Gasteiger partial charge in [-0.05, 0) is 24.3 Å². The Kier molecular flexibility index (Phi) is 4.63. The van der Waals surface area contributed by atoms with Gasteiger partial charge >= 0.3 is 0 Å². The van der Waals surface area contributed by atoms with Crippen molar-refractivity contribution in [3.63, 3.8) is 0 Å². The summed E-state index contributed by atoms with van der Waals surface area (Å²) in [6.45, 7) is 2.54. The van der Waals surface area contributed by atoms with Crippen LogP contribution in [0.15, 0.2) is 29.4 Å². The monoisotopic (exact) mass is 236 g/mol. The molecule has 0 saturated carbocycles. The predicted octanol–water partition coefficient (Wildman–Crippen LogP) is 1.55. The van der Waals surface area contributed by atoms with Crippen LogP contribution in [-0.4, -0.2) is 31.7 Å². The van der Waals surface area contributed by atoms with Gasteiger partial charge in [-0.3, -0.25) is 0 Å². The fourth-order valence-corrected chi connectivity index (χ4v) is 1.35. The minimum Gasteiger partial charge on any atom is -0.409 e. The number of nitrogens with zero attached hydrogens (tertiary/aromatic N) is 2. The Balaban J connectivity index is 2.53. The van der Waals surface area contributed by atoms with E-state index in [1.807, 2.05) is 50.2 Å². The highest BCUT2D eigenvalue weighted by Crippen LogP contribution is 2.15. The van der Waals surface area contributed by atoms with Crippen molar-refractivity contribution in [1.82, 2.24) is 0 Å². The van der Waals surface area contributed by atoms with Gasteiger partial charge < -0.3 is 21.2 Å². The summed E-state index contributed by atoms with van der Waals surface area (Å²) in [5.41, 5.74) is 7.67. The standard InChI is InChI=1S/C12H20N4O/c1-9(12(13)15-17)8-14-10-4-6-11(7-5-10)16(2)3/h4-7,9,14,17H,8H2,1-3H3,(H2,13,15). The Morgan fingerprint density at radius 1 is 1.41 bits per heavy atom. The third-order valence-electron chi connectivity index (χ3n) is 2.62. The maximum Gasteiger partial charge on any atom is 0.143 e. The molecule has 0 fully saturated rings. The molecule has 0 saturated heterocycles. The third-order valence-corrected chi connectivity index (χ3v) is 2.62. The largest absolute Gasteiger partial charge is 0.409 e. The maximum absolute atomic E-state index is 8.53. The Hall–Kier alpha value is -1.91. The lowest BCUT2D eigenvalue weighted by Crippen LogP contribution is -2.27. The molecule has 17 heavy (non-hydrogen) atoms. The van der Waals surface area contributed by atoms with Crippen molar-refractivity contribution >= 4 is 17.2 Å². The van der Waals surface area contributed by atoms with Gasteiger partial charge in [0.2, 0.25) is 0 Å². The average Bonchev–Trinajstić information content (AvgIpc) is 2.35. The first-order chi connectivity index (χ1) is 8.04. The van der Waals surface area contributed by atoms with Crippen molar-refractivity contribution in [2.75, 3.05) is 30.9 Å². The average molecular weight is 236 g/mol. The number of hydrogen-bond donors (Lipinski definition) is 3. The van der Waals surface area contributed by atoms with Crippen LogP contribution in [0.4, 0.5) is 11.4 Å². The van der Waals surface area contributed by atoms with Crippen LogP contribution in [0.1, 0.15) is 6.92 Å². The lowest BCUT2D eigenvalue weighted by molar-refractivity contribution is 0.315. The van der Waals surface area contributed by atoms with Crippen molar-refractivity contribution in [3.8, 4) is 0 Å². The van der Waals surface area contributed by atoms with E-state index < -0.39 is 0 Å². The molecule has 1 aromatic carbocycles. The summed E-state index contributed by atoms with van der Waals surface area (Å²) in [4.78, 5) is 2.04. The Labute approximate surface area is 102 Å². The quantitative estimate of drug-likeness (QED) is 0.314. The molecule has 94 valence electrons. The minimum atomic E-state index is -0.00600.